The number of nitrogens with zero attached hydrogens (tertiary/aromatic N) is 2. The molecule has 0 aliphatic heterocycles. The number of hydrogen-bond donors (Lipinski definition) is 2. The van der Waals surface area contributed by atoms with Crippen LogP contribution in [-0.4, -0.2) is 21.6 Å². The molecule has 0 atom stereocenters. The molecule has 8 heteroatoms. The summed E-state index contributed by atoms with van der Waals surface area (Å²) in [5, 5.41) is 8.44. The molecule has 2 aromatic carbocycles. The van der Waals surface area contributed by atoms with Crippen LogP contribution in [-0.2, 0) is 6.54 Å². The maximum Gasteiger partial charge on any atom is 0.277 e. The third-order valence-electron chi connectivity index (χ3n) is 5.24. The summed E-state index contributed by atoms with van der Waals surface area (Å²) in [5.41, 5.74) is 7.40. The number of aryl methyl sites for hydroxylation is 1. The summed E-state index contributed by atoms with van der Waals surface area (Å²) in [6.07, 6.45) is 0. The molecule has 0 aliphatic rings. The average Bonchev–Trinajstić information content (AvgIpc) is 3.11. The Bertz CT molecular complexity index is 1420. The molecule has 0 unspecified atom stereocenters. The van der Waals surface area contributed by atoms with E-state index >= 15 is 0 Å². The van der Waals surface area contributed by atoms with Gasteiger partial charge in [0.1, 0.15) is 5.00 Å². The number of nitrogens with one attached hydrogen (secondary N) is 1. The summed E-state index contributed by atoms with van der Waals surface area (Å²) in [5.74, 6) is -0.967. The number of rotatable bonds is 6. The number of carbonyl (C=O) groups is 2. The van der Waals surface area contributed by atoms with Gasteiger partial charge in [-0.2, -0.15) is 5.10 Å². The summed E-state index contributed by atoms with van der Waals surface area (Å²) < 4.78 is 1.33. The Morgan fingerprint density at radius 2 is 1.70 bits per heavy atom. The molecule has 2 amide bonds. The number of primary amides is 1. The number of anilines is 1. The molecule has 0 spiro atoms. The number of nitrogens with two attached hydrogens (primary N) is 1. The van der Waals surface area contributed by atoms with Crippen molar-refractivity contribution in [1.29, 1.82) is 0 Å². The highest BCUT2D eigenvalue weighted by atomic mass is 32.1. The van der Waals surface area contributed by atoms with Gasteiger partial charge in [-0.05, 0) is 24.5 Å². The van der Waals surface area contributed by atoms with Gasteiger partial charge in [0.25, 0.3) is 17.4 Å². The highest BCUT2D eigenvalue weighted by Gasteiger charge is 2.25. The SMILES string of the molecule is Cc1sc(NC(=O)c2nn(CC(C)C)c(=O)c3ccccc23)c(C(N)=O)c1-c1ccccc1. The molecule has 2 aromatic heterocycles. The molecule has 0 bridgehead atoms. The summed E-state index contributed by atoms with van der Waals surface area (Å²) in [6.45, 7) is 6.21. The number of benzene rings is 2. The highest BCUT2D eigenvalue weighted by molar-refractivity contribution is 7.17. The van der Waals surface area contributed by atoms with E-state index in [2.05, 4.69) is 10.4 Å². The van der Waals surface area contributed by atoms with Crippen molar-refractivity contribution >= 4 is 38.9 Å². The molecule has 168 valence electrons. The van der Waals surface area contributed by atoms with Crippen LogP contribution in [0.3, 0.4) is 0 Å². The smallest absolute Gasteiger partial charge is 0.277 e. The first-order chi connectivity index (χ1) is 15.8. The van der Waals surface area contributed by atoms with Crippen molar-refractivity contribution in [2.24, 2.45) is 11.7 Å². The molecule has 4 rings (SSSR count). The second-order valence-electron chi connectivity index (χ2n) is 8.20. The van der Waals surface area contributed by atoms with E-state index in [0.717, 1.165) is 10.4 Å². The van der Waals surface area contributed by atoms with Gasteiger partial charge in [0.2, 0.25) is 0 Å². The summed E-state index contributed by atoms with van der Waals surface area (Å²) in [4.78, 5) is 39.5. The largest absolute Gasteiger partial charge is 0.365 e. The van der Waals surface area contributed by atoms with Crippen molar-refractivity contribution in [3.8, 4) is 11.1 Å². The Morgan fingerprint density at radius 3 is 2.33 bits per heavy atom. The number of amides is 2. The van der Waals surface area contributed by atoms with Crippen molar-refractivity contribution in [2.75, 3.05) is 5.32 Å². The molecule has 7 nitrogen and oxygen atoms in total. The Labute approximate surface area is 194 Å². The molecule has 0 saturated carbocycles. The van der Waals surface area contributed by atoms with Crippen LogP contribution in [0.5, 0.6) is 0 Å². The first-order valence-corrected chi connectivity index (χ1v) is 11.4. The van der Waals surface area contributed by atoms with Gasteiger partial charge < -0.3 is 11.1 Å². The van der Waals surface area contributed by atoms with Gasteiger partial charge >= 0.3 is 0 Å². The van der Waals surface area contributed by atoms with E-state index in [1.165, 1.54) is 16.0 Å². The van der Waals surface area contributed by atoms with Gasteiger partial charge in [-0.3, -0.25) is 14.4 Å². The van der Waals surface area contributed by atoms with Gasteiger partial charge in [0, 0.05) is 22.4 Å². The van der Waals surface area contributed by atoms with Crippen molar-refractivity contribution in [3.05, 3.63) is 81.1 Å². The maximum absolute atomic E-state index is 13.4. The van der Waals surface area contributed by atoms with E-state index in [0.29, 0.717) is 27.9 Å². The third-order valence-corrected chi connectivity index (χ3v) is 6.26. The van der Waals surface area contributed by atoms with Gasteiger partial charge in [-0.15, -0.1) is 11.3 Å². The van der Waals surface area contributed by atoms with E-state index in [4.69, 9.17) is 5.73 Å². The molecule has 0 fully saturated rings. The Balaban J connectivity index is 1.82. The van der Waals surface area contributed by atoms with E-state index in [1.807, 2.05) is 51.1 Å². The lowest BCUT2D eigenvalue weighted by Gasteiger charge is -2.13. The number of carbonyl (C=O) groups excluding carboxylic acids is 2. The minimum atomic E-state index is -0.629. The van der Waals surface area contributed by atoms with Crippen LogP contribution >= 0.6 is 11.3 Å². The van der Waals surface area contributed by atoms with Crippen molar-refractivity contribution in [3.63, 3.8) is 0 Å². The molecule has 0 saturated heterocycles. The molecule has 0 aliphatic carbocycles. The van der Waals surface area contributed by atoms with Crippen LogP contribution < -0.4 is 16.6 Å². The predicted octanol–water partition coefficient (Wildman–Crippen LogP) is 4.44. The zero-order valence-corrected chi connectivity index (χ0v) is 19.4. The fourth-order valence-electron chi connectivity index (χ4n) is 3.86. The number of fused-ring (bicyclic) bond motifs is 1. The van der Waals surface area contributed by atoms with Crippen LogP contribution in [0.1, 0.15) is 39.6 Å². The van der Waals surface area contributed by atoms with Crippen molar-refractivity contribution in [1.82, 2.24) is 9.78 Å². The van der Waals surface area contributed by atoms with Gasteiger partial charge in [-0.25, -0.2) is 4.68 Å². The second-order valence-corrected chi connectivity index (χ2v) is 9.42. The van der Waals surface area contributed by atoms with E-state index < -0.39 is 11.8 Å². The average molecular weight is 461 g/mol. The lowest BCUT2D eigenvalue weighted by molar-refractivity contribution is 0.100. The van der Waals surface area contributed by atoms with E-state index in [1.54, 1.807) is 24.3 Å². The first-order valence-electron chi connectivity index (χ1n) is 10.6. The highest BCUT2D eigenvalue weighted by Crippen LogP contribution is 2.39. The monoisotopic (exact) mass is 460 g/mol. The predicted molar refractivity (Wildman–Crippen MR) is 132 cm³/mol. The summed E-state index contributed by atoms with van der Waals surface area (Å²) in [7, 11) is 0. The van der Waals surface area contributed by atoms with E-state index in [-0.39, 0.29) is 22.7 Å². The zero-order chi connectivity index (χ0) is 23.7. The summed E-state index contributed by atoms with van der Waals surface area (Å²) in [6, 6.07) is 16.3. The molecule has 4 aromatic rings. The number of thiophene rings is 1. The Hall–Kier alpha value is -3.78. The lowest BCUT2D eigenvalue weighted by atomic mass is 10.0. The molecular formula is C25H24N4O3S. The van der Waals surface area contributed by atoms with Gasteiger partial charge in [0.15, 0.2) is 5.69 Å². The maximum atomic E-state index is 13.4. The summed E-state index contributed by atoms with van der Waals surface area (Å²) >= 11 is 1.28. The Morgan fingerprint density at radius 1 is 1.06 bits per heavy atom. The molecule has 33 heavy (non-hydrogen) atoms. The van der Waals surface area contributed by atoms with E-state index in [9.17, 15) is 14.4 Å². The lowest BCUT2D eigenvalue weighted by Crippen LogP contribution is -2.29. The van der Waals surface area contributed by atoms with Gasteiger partial charge in [-0.1, -0.05) is 62.4 Å². The van der Waals surface area contributed by atoms with Crippen LogP contribution in [0.4, 0.5) is 5.00 Å². The minimum Gasteiger partial charge on any atom is -0.365 e. The van der Waals surface area contributed by atoms with Crippen molar-refractivity contribution < 1.29 is 9.59 Å². The Kier molecular flexibility index (Phi) is 6.11. The molecule has 0 radical (unpaired) electrons. The van der Waals surface area contributed by atoms with Crippen molar-refractivity contribution in [2.45, 2.75) is 27.3 Å². The molecular weight excluding hydrogens is 436 g/mol. The van der Waals surface area contributed by atoms with Crippen LogP contribution in [0.15, 0.2) is 59.4 Å². The standard InChI is InChI=1S/C25H24N4O3S/c1-14(2)13-29-25(32)18-12-8-7-11-17(18)21(28-29)23(31)27-24-20(22(26)30)19(15(3)33-24)16-9-5-4-6-10-16/h4-12,14H,13H2,1-3H3,(H2,26,30)(H,27,31). The second kappa shape index (κ2) is 8.99. The fourth-order valence-corrected chi connectivity index (χ4v) is 4.93. The van der Waals surface area contributed by atoms with Crippen LogP contribution in [0.25, 0.3) is 21.9 Å². The normalized spacial score (nSPS) is 11.2. The molecule has 3 N–H and O–H groups in total. The number of hydrogen-bond acceptors (Lipinski definition) is 5. The van der Waals surface area contributed by atoms with Crippen LogP contribution in [0, 0.1) is 12.8 Å². The first kappa shape index (κ1) is 22.4. The number of aromatic nitrogens is 2. The molecule has 2 heterocycles. The topological polar surface area (TPSA) is 107 Å². The third kappa shape index (κ3) is 4.29. The minimum absolute atomic E-state index is 0.119. The van der Waals surface area contributed by atoms with Gasteiger partial charge in [0.05, 0.1) is 10.9 Å². The fraction of sp³-hybridized carbons (Fsp3) is 0.200. The quantitative estimate of drug-likeness (QED) is 0.443. The zero-order valence-electron chi connectivity index (χ0n) is 18.6. The van der Waals surface area contributed by atoms with Crippen LogP contribution in [0.2, 0.25) is 0 Å².